The molecule has 0 aliphatic carbocycles. The van der Waals surface area contributed by atoms with E-state index in [2.05, 4.69) is 6.92 Å². The topological polar surface area (TPSA) is 22.4 Å². The van der Waals surface area contributed by atoms with Crippen LogP contribution in [-0.4, -0.2) is 18.0 Å². The van der Waals surface area contributed by atoms with Crippen molar-refractivity contribution in [3.8, 4) is 0 Å². The molecule has 1 aliphatic rings. The van der Waals surface area contributed by atoms with Gasteiger partial charge in [-0.05, 0) is 26.3 Å². The van der Waals surface area contributed by atoms with Crippen molar-refractivity contribution in [1.29, 1.82) is 0 Å². The van der Waals surface area contributed by atoms with E-state index in [1.165, 1.54) is 4.90 Å². The molecule has 0 N–H and O–H groups in total. The molecule has 4 heteroatoms. The largest absolute Gasteiger partial charge is 0.468 e. The first kappa shape index (κ1) is 10.5. The zero-order valence-electron chi connectivity index (χ0n) is 8.36. The van der Waals surface area contributed by atoms with Gasteiger partial charge in [0, 0.05) is 11.9 Å². The van der Waals surface area contributed by atoms with Crippen LogP contribution in [0.5, 0.6) is 0 Å². The van der Waals surface area contributed by atoms with Crippen LogP contribution in [0.25, 0.3) is 0 Å². The fourth-order valence-electron chi connectivity index (χ4n) is 1.41. The minimum Gasteiger partial charge on any atom is -0.468 e. The van der Waals surface area contributed by atoms with Crippen LogP contribution < -0.4 is 0 Å². The van der Waals surface area contributed by atoms with Gasteiger partial charge in [0.1, 0.15) is 5.76 Å². The Morgan fingerprint density at radius 2 is 2.36 bits per heavy atom. The van der Waals surface area contributed by atoms with Crippen molar-refractivity contribution >= 4 is 21.6 Å². The van der Waals surface area contributed by atoms with Crippen molar-refractivity contribution in [2.75, 3.05) is 6.61 Å². The molecule has 1 aliphatic heterocycles. The third-order valence-electron chi connectivity index (χ3n) is 2.38. The molecule has 2 rings (SSSR count). The summed E-state index contributed by atoms with van der Waals surface area (Å²) in [6, 6.07) is 2.02. The van der Waals surface area contributed by atoms with Gasteiger partial charge in [0.25, 0.3) is 0 Å². The minimum absolute atomic E-state index is 0.389. The standard InChI is InChI=1S/C10H14O2S2/c1-7-9(3-5-11-7)13-14-10-4-6-12-8(10)2/h3,5,8,10H,4,6H2,1-2H3. The summed E-state index contributed by atoms with van der Waals surface area (Å²) in [7, 11) is 3.69. The Bertz CT molecular complexity index is 298. The normalized spacial score (nSPS) is 27.0. The van der Waals surface area contributed by atoms with Crippen molar-refractivity contribution in [2.24, 2.45) is 0 Å². The molecular weight excluding hydrogens is 216 g/mol. The number of furan rings is 1. The Kier molecular flexibility index (Phi) is 3.47. The first-order chi connectivity index (χ1) is 6.77. The summed E-state index contributed by atoms with van der Waals surface area (Å²) in [5.41, 5.74) is 0. The maximum absolute atomic E-state index is 5.51. The van der Waals surface area contributed by atoms with E-state index in [4.69, 9.17) is 9.15 Å². The lowest BCUT2D eigenvalue weighted by atomic mass is 10.3. The van der Waals surface area contributed by atoms with E-state index in [0.29, 0.717) is 11.4 Å². The predicted octanol–water partition coefficient (Wildman–Crippen LogP) is 3.51. The zero-order chi connectivity index (χ0) is 9.97. The molecule has 0 saturated carbocycles. The summed E-state index contributed by atoms with van der Waals surface area (Å²) in [5, 5.41) is 0.620. The summed E-state index contributed by atoms with van der Waals surface area (Å²) in [5.74, 6) is 1.01. The lowest BCUT2D eigenvalue weighted by Gasteiger charge is -2.11. The molecule has 0 spiro atoms. The summed E-state index contributed by atoms with van der Waals surface area (Å²) < 4.78 is 10.7. The van der Waals surface area contributed by atoms with Crippen LogP contribution in [0.15, 0.2) is 21.6 Å². The van der Waals surface area contributed by atoms with Crippen molar-refractivity contribution in [3.05, 3.63) is 18.1 Å². The second kappa shape index (κ2) is 4.64. The molecule has 2 atom stereocenters. The number of aryl methyl sites for hydroxylation is 1. The molecule has 1 aromatic heterocycles. The average Bonchev–Trinajstić information content (AvgIpc) is 2.72. The quantitative estimate of drug-likeness (QED) is 0.741. The van der Waals surface area contributed by atoms with Gasteiger partial charge in [-0.15, -0.1) is 0 Å². The van der Waals surface area contributed by atoms with Crippen LogP contribution in [0, 0.1) is 6.92 Å². The minimum atomic E-state index is 0.389. The van der Waals surface area contributed by atoms with Crippen LogP contribution in [-0.2, 0) is 4.74 Å². The van der Waals surface area contributed by atoms with Crippen LogP contribution in [0.3, 0.4) is 0 Å². The third kappa shape index (κ3) is 2.30. The average molecular weight is 230 g/mol. The lowest BCUT2D eigenvalue weighted by Crippen LogP contribution is -2.11. The van der Waals surface area contributed by atoms with Gasteiger partial charge in [-0.2, -0.15) is 0 Å². The molecule has 0 amide bonds. The molecule has 1 aromatic rings. The first-order valence-electron chi connectivity index (χ1n) is 4.76. The maximum Gasteiger partial charge on any atom is 0.115 e. The highest BCUT2D eigenvalue weighted by Gasteiger charge is 2.25. The van der Waals surface area contributed by atoms with E-state index in [1.54, 1.807) is 17.1 Å². The van der Waals surface area contributed by atoms with Gasteiger partial charge < -0.3 is 9.15 Å². The third-order valence-corrected chi connectivity index (χ3v) is 5.51. The van der Waals surface area contributed by atoms with E-state index in [-0.39, 0.29) is 0 Å². The highest BCUT2D eigenvalue weighted by molar-refractivity contribution is 8.77. The van der Waals surface area contributed by atoms with Crippen molar-refractivity contribution < 1.29 is 9.15 Å². The van der Waals surface area contributed by atoms with E-state index in [9.17, 15) is 0 Å². The van der Waals surface area contributed by atoms with Crippen LogP contribution >= 0.6 is 21.6 Å². The highest BCUT2D eigenvalue weighted by atomic mass is 33.1. The van der Waals surface area contributed by atoms with Crippen LogP contribution in [0.2, 0.25) is 0 Å². The number of hydrogen-bond donors (Lipinski definition) is 0. The SMILES string of the molecule is Cc1occc1SSC1CCOC1C. The molecule has 78 valence electrons. The Morgan fingerprint density at radius 3 is 2.93 bits per heavy atom. The fourth-order valence-corrected chi connectivity index (χ4v) is 4.30. The summed E-state index contributed by atoms with van der Waals surface area (Å²) in [6.07, 6.45) is 3.29. The van der Waals surface area contributed by atoms with Gasteiger partial charge in [-0.25, -0.2) is 0 Å². The Balaban J connectivity index is 1.85. The van der Waals surface area contributed by atoms with Gasteiger partial charge >= 0.3 is 0 Å². The Hall–Kier alpha value is -0.0600. The van der Waals surface area contributed by atoms with Gasteiger partial charge in [0.15, 0.2) is 0 Å². The molecule has 1 fully saturated rings. The first-order valence-corrected chi connectivity index (χ1v) is 6.97. The summed E-state index contributed by atoms with van der Waals surface area (Å²) >= 11 is 0. The molecule has 2 nitrogen and oxygen atoms in total. The van der Waals surface area contributed by atoms with E-state index in [1.807, 2.05) is 23.8 Å². The summed E-state index contributed by atoms with van der Waals surface area (Å²) in [6.45, 7) is 5.05. The second-order valence-electron chi connectivity index (χ2n) is 3.42. The van der Waals surface area contributed by atoms with E-state index in [0.717, 1.165) is 18.8 Å². The molecule has 0 radical (unpaired) electrons. The monoisotopic (exact) mass is 230 g/mol. The van der Waals surface area contributed by atoms with Gasteiger partial charge in [0.2, 0.25) is 0 Å². The van der Waals surface area contributed by atoms with Crippen molar-refractivity contribution in [1.82, 2.24) is 0 Å². The van der Waals surface area contributed by atoms with E-state index < -0.39 is 0 Å². The highest BCUT2D eigenvalue weighted by Crippen LogP contribution is 2.41. The van der Waals surface area contributed by atoms with Gasteiger partial charge in [0.05, 0.1) is 17.3 Å². The molecule has 0 bridgehead atoms. The molecule has 2 heterocycles. The number of rotatable bonds is 3. The van der Waals surface area contributed by atoms with Crippen molar-refractivity contribution in [3.63, 3.8) is 0 Å². The molecule has 2 unspecified atom stereocenters. The smallest absolute Gasteiger partial charge is 0.115 e. The maximum atomic E-state index is 5.51. The van der Waals surface area contributed by atoms with E-state index >= 15 is 0 Å². The number of ether oxygens (including phenoxy) is 1. The molecule has 1 saturated heterocycles. The second-order valence-corrected chi connectivity index (χ2v) is 5.91. The van der Waals surface area contributed by atoms with Gasteiger partial charge in [-0.1, -0.05) is 21.6 Å². The number of hydrogen-bond acceptors (Lipinski definition) is 4. The molecule has 0 aromatic carbocycles. The Morgan fingerprint density at radius 1 is 1.50 bits per heavy atom. The zero-order valence-corrected chi connectivity index (χ0v) is 9.99. The van der Waals surface area contributed by atoms with Gasteiger partial charge in [-0.3, -0.25) is 0 Å². The molecular formula is C10H14O2S2. The summed E-state index contributed by atoms with van der Waals surface area (Å²) in [4.78, 5) is 1.23. The molecule has 14 heavy (non-hydrogen) atoms. The predicted molar refractivity (Wildman–Crippen MR) is 60.7 cm³/mol. The van der Waals surface area contributed by atoms with Crippen molar-refractivity contribution in [2.45, 2.75) is 36.5 Å². The Labute approximate surface area is 92.2 Å². The lowest BCUT2D eigenvalue weighted by molar-refractivity contribution is 0.127. The van der Waals surface area contributed by atoms with Crippen LogP contribution in [0.1, 0.15) is 19.1 Å². The van der Waals surface area contributed by atoms with Crippen LogP contribution in [0.4, 0.5) is 0 Å². The fraction of sp³-hybridized carbons (Fsp3) is 0.600.